The Kier molecular flexibility index (Phi) is 4.81. The van der Waals surface area contributed by atoms with Crippen molar-refractivity contribution in [3.05, 3.63) is 51.8 Å². The highest BCUT2D eigenvalue weighted by Crippen LogP contribution is 2.27. The molecule has 0 aliphatic rings. The van der Waals surface area contributed by atoms with Crippen molar-refractivity contribution in [1.29, 1.82) is 0 Å². The van der Waals surface area contributed by atoms with E-state index < -0.39 is 14.9 Å². The smallest absolute Gasteiger partial charge is 0.273 e. The fourth-order valence-electron chi connectivity index (χ4n) is 2.34. The van der Waals surface area contributed by atoms with Crippen molar-refractivity contribution in [3.8, 4) is 0 Å². The molecular formula is C14H18N4O4S. The molecule has 0 bridgehead atoms. The lowest BCUT2D eigenvalue weighted by Gasteiger charge is -2.20. The first-order chi connectivity index (χ1) is 10.8. The van der Waals surface area contributed by atoms with Crippen LogP contribution in [0, 0.1) is 17.0 Å². The van der Waals surface area contributed by atoms with Crippen molar-refractivity contribution in [3.63, 3.8) is 0 Å². The third kappa shape index (κ3) is 3.40. The summed E-state index contributed by atoms with van der Waals surface area (Å²) in [5.41, 5.74) is 0.687. The Bertz CT molecular complexity index is 829. The number of nitro groups is 1. The van der Waals surface area contributed by atoms with Crippen molar-refractivity contribution in [1.82, 2.24) is 14.1 Å². The number of nitrogens with zero attached hydrogens (tertiary/aromatic N) is 4. The van der Waals surface area contributed by atoms with Crippen molar-refractivity contribution in [2.45, 2.75) is 25.3 Å². The van der Waals surface area contributed by atoms with E-state index in [1.54, 1.807) is 31.0 Å². The fraction of sp³-hybridized carbons (Fsp3) is 0.357. The van der Waals surface area contributed by atoms with E-state index in [-0.39, 0.29) is 29.2 Å². The van der Waals surface area contributed by atoms with E-state index in [1.807, 2.05) is 0 Å². The summed E-state index contributed by atoms with van der Waals surface area (Å²) in [4.78, 5) is 10.4. The summed E-state index contributed by atoms with van der Waals surface area (Å²) in [6.45, 7) is 3.58. The van der Waals surface area contributed by atoms with Gasteiger partial charge in [-0.1, -0.05) is 13.0 Å². The van der Waals surface area contributed by atoms with Crippen LogP contribution in [0.1, 0.15) is 18.1 Å². The summed E-state index contributed by atoms with van der Waals surface area (Å²) in [5.74, 6) is 0. The number of sulfonamides is 1. The molecule has 0 radical (unpaired) electrons. The Morgan fingerprint density at radius 1 is 1.39 bits per heavy atom. The van der Waals surface area contributed by atoms with Gasteiger partial charge in [0.1, 0.15) is 0 Å². The highest BCUT2D eigenvalue weighted by molar-refractivity contribution is 7.89. The van der Waals surface area contributed by atoms with Crippen LogP contribution in [0.3, 0.4) is 0 Å². The van der Waals surface area contributed by atoms with E-state index in [0.717, 1.165) is 5.56 Å². The molecule has 8 nitrogen and oxygen atoms in total. The molecule has 0 amide bonds. The monoisotopic (exact) mass is 338 g/mol. The second-order valence-electron chi connectivity index (χ2n) is 5.11. The van der Waals surface area contributed by atoms with E-state index in [9.17, 15) is 18.5 Å². The van der Waals surface area contributed by atoms with Crippen LogP contribution in [-0.4, -0.2) is 34.0 Å². The summed E-state index contributed by atoms with van der Waals surface area (Å²) in [6.07, 6.45) is 3.33. The van der Waals surface area contributed by atoms with Gasteiger partial charge in [0.15, 0.2) is 0 Å². The second kappa shape index (κ2) is 6.47. The predicted octanol–water partition coefficient (Wildman–Crippen LogP) is 1.85. The standard InChI is InChI=1S/C14H18N4O4S/c1-4-17(10-12-8-15-16(3)9-12)23(21,22)14-7-5-6-13(11(14)2)18(19)20/h5-9H,4,10H2,1-3H3. The quantitative estimate of drug-likeness (QED) is 0.591. The van der Waals surface area contributed by atoms with Gasteiger partial charge in [0.25, 0.3) is 5.69 Å². The maximum absolute atomic E-state index is 12.8. The van der Waals surface area contributed by atoms with Gasteiger partial charge in [-0.25, -0.2) is 8.42 Å². The van der Waals surface area contributed by atoms with Crippen LogP contribution < -0.4 is 0 Å². The number of benzene rings is 1. The Labute approximate surface area is 134 Å². The number of aromatic nitrogens is 2. The zero-order valence-corrected chi connectivity index (χ0v) is 13.9. The molecular weight excluding hydrogens is 320 g/mol. The van der Waals surface area contributed by atoms with E-state index in [1.165, 1.54) is 29.4 Å². The minimum atomic E-state index is -3.83. The van der Waals surface area contributed by atoms with E-state index in [4.69, 9.17) is 0 Å². The largest absolute Gasteiger partial charge is 0.275 e. The molecule has 0 fully saturated rings. The Balaban J connectivity index is 2.43. The van der Waals surface area contributed by atoms with Crippen molar-refractivity contribution < 1.29 is 13.3 Å². The zero-order valence-electron chi connectivity index (χ0n) is 13.1. The van der Waals surface area contributed by atoms with Gasteiger partial charge in [-0.3, -0.25) is 14.8 Å². The van der Waals surface area contributed by atoms with Gasteiger partial charge in [-0.15, -0.1) is 0 Å². The first kappa shape index (κ1) is 17.1. The molecule has 0 atom stereocenters. The molecule has 1 heterocycles. The average molecular weight is 338 g/mol. The molecule has 0 N–H and O–H groups in total. The van der Waals surface area contributed by atoms with Crippen LogP contribution in [0.25, 0.3) is 0 Å². The van der Waals surface area contributed by atoms with Crippen LogP contribution in [0.4, 0.5) is 5.69 Å². The Morgan fingerprint density at radius 2 is 2.09 bits per heavy atom. The summed E-state index contributed by atoms with van der Waals surface area (Å²) in [6, 6.07) is 4.07. The van der Waals surface area contributed by atoms with Crippen LogP contribution in [0.5, 0.6) is 0 Å². The molecule has 2 rings (SSSR count). The molecule has 0 unspecified atom stereocenters. The van der Waals surface area contributed by atoms with Crippen LogP contribution >= 0.6 is 0 Å². The topological polar surface area (TPSA) is 98.3 Å². The summed E-state index contributed by atoms with van der Waals surface area (Å²) in [5, 5.41) is 15.0. The predicted molar refractivity (Wildman–Crippen MR) is 84.3 cm³/mol. The molecule has 23 heavy (non-hydrogen) atoms. The lowest BCUT2D eigenvalue weighted by atomic mass is 10.2. The first-order valence-electron chi connectivity index (χ1n) is 6.99. The van der Waals surface area contributed by atoms with E-state index in [2.05, 4.69) is 5.10 Å². The molecule has 9 heteroatoms. The van der Waals surface area contributed by atoms with E-state index >= 15 is 0 Å². The minimum Gasteiger partial charge on any atom is -0.275 e. The molecule has 0 saturated heterocycles. The second-order valence-corrected chi connectivity index (χ2v) is 7.02. The zero-order chi connectivity index (χ0) is 17.2. The maximum atomic E-state index is 12.8. The van der Waals surface area contributed by atoms with Crippen LogP contribution in [0.2, 0.25) is 0 Å². The van der Waals surface area contributed by atoms with Gasteiger partial charge >= 0.3 is 0 Å². The number of nitro benzene ring substituents is 1. The first-order valence-corrected chi connectivity index (χ1v) is 8.43. The third-order valence-corrected chi connectivity index (χ3v) is 5.61. The molecule has 0 spiro atoms. The van der Waals surface area contributed by atoms with Gasteiger partial charge in [-0.05, 0) is 13.0 Å². The lowest BCUT2D eigenvalue weighted by Crippen LogP contribution is -2.31. The van der Waals surface area contributed by atoms with Gasteiger partial charge in [0.05, 0.1) is 16.0 Å². The third-order valence-electron chi connectivity index (χ3n) is 3.54. The molecule has 1 aromatic carbocycles. The minimum absolute atomic E-state index is 0.0440. The molecule has 0 saturated carbocycles. The molecule has 2 aromatic rings. The fourth-order valence-corrected chi connectivity index (χ4v) is 4.02. The molecule has 1 aromatic heterocycles. The highest BCUT2D eigenvalue weighted by Gasteiger charge is 2.28. The molecule has 0 aliphatic carbocycles. The normalized spacial score (nSPS) is 11.8. The number of aryl methyl sites for hydroxylation is 1. The number of rotatable bonds is 6. The summed E-state index contributed by atoms with van der Waals surface area (Å²) < 4.78 is 28.6. The summed E-state index contributed by atoms with van der Waals surface area (Å²) >= 11 is 0. The lowest BCUT2D eigenvalue weighted by molar-refractivity contribution is -0.385. The molecule has 124 valence electrons. The Morgan fingerprint density at radius 3 is 2.61 bits per heavy atom. The Hall–Kier alpha value is -2.26. The van der Waals surface area contributed by atoms with Crippen molar-refractivity contribution in [2.75, 3.05) is 6.54 Å². The van der Waals surface area contributed by atoms with Gasteiger partial charge in [0, 0.05) is 43.5 Å². The van der Waals surface area contributed by atoms with Crippen molar-refractivity contribution in [2.24, 2.45) is 7.05 Å². The van der Waals surface area contributed by atoms with E-state index in [0.29, 0.717) is 0 Å². The van der Waals surface area contributed by atoms with Gasteiger partial charge in [0.2, 0.25) is 10.0 Å². The van der Waals surface area contributed by atoms with Crippen LogP contribution in [-0.2, 0) is 23.6 Å². The van der Waals surface area contributed by atoms with Gasteiger partial charge < -0.3 is 0 Å². The number of hydrogen-bond acceptors (Lipinski definition) is 5. The van der Waals surface area contributed by atoms with Gasteiger partial charge in [-0.2, -0.15) is 9.40 Å². The maximum Gasteiger partial charge on any atom is 0.273 e. The highest BCUT2D eigenvalue weighted by atomic mass is 32.2. The summed E-state index contributed by atoms with van der Waals surface area (Å²) in [7, 11) is -2.09. The van der Waals surface area contributed by atoms with Crippen LogP contribution in [0.15, 0.2) is 35.5 Å². The average Bonchev–Trinajstić information content (AvgIpc) is 2.89. The SMILES string of the molecule is CCN(Cc1cnn(C)c1)S(=O)(=O)c1cccc([N+](=O)[O-])c1C. The van der Waals surface area contributed by atoms with Crippen molar-refractivity contribution >= 4 is 15.7 Å². The molecule has 0 aliphatic heterocycles. The number of hydrogen-bond donors (Lipinski definition) is 0.